The highest BCUT2D eigenvalue weighted by Gasteiger charge is 2.10. The summed E-state index contributed by atoms with van der Waals surface area (Å²) in [6.07, 6.45) is -0.597. The topological polar surface area (TPSA) is 20.2 Å². The second-order valence-electron chi connectivity index (χ2n) is 3.08. The second-order valence-corrected chi connectivity index (χ2v) is 3.08. The molecule has 0 amide bonds. The minimum absolute atomic E-state index is 0.253. The van der Waals surface area contributed by atoms with Crippen LogP contribution in [-0.2, 0) is 0 Å². The first-order chi connectivity index (χ1) is 5.54. The zero-order valence-electron chi connectivity index (χ0n) is 7.56. The van der Waals surface area contributed by atoms with E-state index in [0.717, 1.165) is 5.56 Å². The van der Waals surface area contributed by atoms with Gasteiger partial charge in [-0.1, -0.05) is 6.07 Å². The van der Waals surface area contributed by atoms with Crippen LogP contribution in [0.1, 0.15) is 29.7 Å². The summed E-state index contributed by atoms with van der Waals surface area (Å²) in [6, 6.07) is 3.11. The van der Waals surface area contributed by atoms with E-state index in [9.17, 15) is 9.50 Å². The molecule has 0 aliphatic carbocycles. The molecule has 0 spiro atoms. The first-order valence-electron chi connectivity index (χ1n) is 3.97. The third-order valence-electron chi connectivity index (χ3n) is 2.08. The summed E-state index contributed by atoms with van der Waals surface area (Å²) in [4.78, 5) is 0. The van der Waals surface area contributed by atoms with Crippen LogP contribution >= 0.6 is 0 Å². The molecule has 1 nitrogen and oxygen atoms in total. The largest absolute Gasteiger partial charge is 0.389 e. The number of benzene rings is 1. The number of halogens is 1. The van der Waals surface area contributed by atoms with Gasteiger partial charge in [-0.25, -0.2) is 4.39 Å². The van der Waals surface area contributed by atoms with Crippen LogP contribution in [0.15, 0.2) is 12.1 Å². The van der Waals surface area contributed by atoms with Gasteiger partial charge in [0, 0.05) is 0 Å². The first kappa shape index (κ1) is 9.20. The molecule has 0 saturated heterocycles. The van der Waals surface area contributed by atoms with E-state index in [1.165, 1.54) is 6.07 Å². The average Bonchev–Trinajstić information content (AvgIpc) is 1.97. The molecule has 1 N–H and O–H groups in total. The maximum atomic E-state index is 13.0. The Morgan fingerprint density at radius 2 is 1.92 bits per heavy atom. The van der Waals surface area contributed by atoms with Gasteiger partial charge in [-0.3, -0.25) is 0 Å². The van der Waals surface area contributed by atoms with Gasteiger partial charge in [-0.2, -0.15) is 0 Å². The van der Waals surface area contributed by atoms with Crippen molar-refractivity contribution in [3.8, 4) is 0 Å². The summed E-state index contributed by atoms with van der Waals surface area (Å²) in [5.74, 6) is -0.253. The Hall–Kier alpha value is -0.890. The van der Waals surface area contributed by atoms with E-state index in [-0.39, 0.29) is 5.82 Å². The highest BCUT2D eigenvalue weighted by Crippen LogP contribution is 2.23. The molecule has 12 heavy (non-hydrogen) atoms. The highest BCUT2D eigenvalue weighted by atomic mass is 19.1. The fourth-order valence-corrected chi connectivity index (χ4v) is 1.48. The smallest absolute Gasteiger partial charge is 0.126 e. The van der Waals surface area contributed by atoms with E-state index < -0.39 is 6.10 Å². The van der Waals surface area contributed by atoms with Crippen LogP contribution < -0.4 is 0 Å². The van der Waals surface area contributed by atoms with Crippen molar-refractivity contribution < 1.29 is 9.50 Å². The third kappa shape index (κ3) is 1.48. The van der Waals surface area contributed by atoms with Crippen molar-refractivity contribution in [3.05, 3.63) is 34.6 Å². The van der Waals surface area contributed by atoms with Crippen molar-refractivity contribution in [2.45, 2.75) is 26.9 Å². The first-order valence-corrected chi connectivity index (χ1v) is 3.97. The van der Waals surface area contributed by atoms with Crippen molar-refractivity contribution in [1.29, 1.82) is 0 Å². The summed E-state index contributed by atoms with van der Waals surface area (Å²) >= 11 is 0. The lowest BCUT2D eigenvalue weighted by Gasteiger charge is -2.12. The van der Waals surface area contributed by atoms with Crippen molar-refractivity contribution in [1.82, 2.24) is 0 Å². The minimum Gasteiger partial charge on any atom is -0.389 e. The molecule has 1 atom stereocenters. The Morgan fingerprint density at radius 3 is 2.33 bits per heavy atom. The van der Waals surface area contributed by atoms with Gasteiger partial charge in [0.1, 0.15) is 5.82 Å². The van der Waals surface area contributed by atoms with Gasteiger partial charge < -0.3 is 5.11 Å². The lowest BCUT2D eigenvalue weighted by molar-refractivity contribution is 0.197. The summed E-state index contributed by atoms with van der Waals surface area (Å²) in [5, 5.41) is 9.34. The fraction of sp³-hybridized carbons (Fsp3) is 0.400. The number of hydrogen-bond acceptors (Lipinski definition) is 1. The van der Waals surface area contributed by atoms with Gasteiger partial charge >= 0.3 is 0 Å². The van der Waals surface area contributed by atoms with Crippen molar-refractivity contribution in [3.63, 3.8) is 0 Å². The number of aryl methyl sites for hydroxylation is 1. The van der Waals surface area contributed by atoms with Gasteiger partial charge in [0.15, 0.2) is 0 Å². The molecular formula is C10H13FO. The van der Waals surface area contributed by atoms with Crippen LogP contribution in [0.2, 0.25) is 0 Å². The van der Waals surface area contributed by atoms with Crippen molar-refractivity contribution in [2.24, 2.45) is 0 Å². The Kier molecular flexibility index (Phi) is 2.48. The van der Waals surface area contributed by atoms with E-state index in [0.29, 0.717) is 11.1 Å². The number of hydrogen-bond donors (Lipinski definition) is 1. The van der Waals surface area contributed by atoms with Gasteiger partial charge in [0.05, 0.1) is 6.10 Å². The molecule has 1 rings (SSSR count). The number of rotatable bonds is 1. The quantitative estimate of drug-likeness (QED) is 0.683. The molecule has 0 bridgehead atoms. The van der Waals surface area contributed by atoms with Gasteiger partial charge in [-0.05, 0) is 43.5 Å². The summed E-state index contributed by atoms with van der Waals surface area (Å²) in [6.45, 7) is 5.20. The standard InChI is InChI=1S/C10H13FO/c1-6-4-5-9(11)7(2)10(6)8(3)12/h4-5,8,12H,1-3H3. The molecule has 1 aromatic rings. The molecule has 0 aromatic heterocycles. The normalized spacial score (nSPS) is 13.1. The Balaban J connectivity index is 3.33. The zero-order valence-corrected chi connectivity index (χ0v) is 7.56. The summed E-state index contributed by atoms with van der Waals surface area (Å²) < 4.78 is 13.0. The Morgan fingerprint density at radius 1 is 1.33 bits per heavy atom. The molecule has 0 aliphatic heterocycles. The van der Waals surface area contributed by atoms with Crippen molar-refractivity contribution in [2.75, 3.05) is 0 Å². The highest BCUT2D eigenvalue weighted by molar-refractivity contribution is 5.35. The molecule has 2 heteroatoms. The van der Waals surface area contributed by atoms with E-state index >= 15 is 0 Å². The molecule has 0 heterocycles. The van der Waals surface area contributed by atoms with Crippen LogP contribution in [0.3, 0.4) is 0 Å². The van der Waals surface area contributed by atoms with Crippen LogP contribution in [0.5, 0.6) is 0 Å². The Labute approximate surface area is 71.9 Å². The summed E-state index contributed by atoms with van der Waals surface area (Å²) in [5.41, 5.74) is 2.18. The molecule has 1 unspecified atom stereocenters. The molecule has 0 fully saturated rings. The molecule has 0 aliphatic rings. The van der Waals surface area contributed by atoms with Crippen LogP contribution in [-0.4, -0.2) is 5.11 Å². The number of aliphatic hydroxyl groups excluding tert-OH is 1. The predicted molar refractivity (Wildman–Crippen MR) is 46.5 cm³/mol. The monoisotopic (exact) mass is 168 g/mol. The second kappa shape index (κ2) is 3.23. The molecular weight excluding hydrogens is 155 g/mol. The predicted octanol–water partition coefficient (Wildman–Crippen LogP) is 2.50. The van der Waals surface area contributed by atoms with Crippen molar-refractivity contribution >= 4 is 0 Å². The lowest BCUT2D eigenvalue weighted by Crippen LogP contribution is -2.00. The number of aliphatic hydroxyl groups is 1. The molecule has 1 aromatic carbocycles. The van der Waals surface area contributed by atoms with Gasteiger partial charge in [-0.15, -0.1) is 0 Å². The van der Waals surface area contributed by atoms with Gasteiger partial charge in [0.25, 0.3) is 0 Å². The lowest BCUT2D eigenvalue weighted by atomic mass is 9.98. The minimum atomic E-state index is -0.597. The average molecular weight is 168 g/mol. The SMILES string of the molecule is Cc1ccc(F)c(C)c1C(C)O. The van der Waals surface area contributed by atoms with E-state index in [2.05, 4.69) is 0 Å². The van der Waals surface area contributed by atoms with E-state index in [1.54, 1.807) is 19.9 Å². The van der Waals surface area contributed by atoms with Crippen LogP contribution in [0, 0.1) is 19.7 Å². The molecule has 0 radical (unpaired) electrons. The maximum absolute atomic E-state index is 13.0. The van der Waals surface area contributed by atoms with Gasteiger partial charge in [0.2, 0.25) is 0 Å². The zero-order chi connectivity index (χ0) is 9.30. The maximum Gasteiger partial charge on any atom is 0.126 e. The van der Waals surface area contributed by atoms with E-state index in [1.807, 2.05) is 6.92 Å². The molecule has 66 valence electrons. The van der Waals surface area contributed by atoms with Crippen LogP contribution in [0.4, 0.5) is 4.39 Å². The van der Waals surface area contributed by atoms with Crippen LogP contribution in [0.25, 0.3) is 0 Å². The third-order valence-corrected chi connectivity index (χ3v) is 2.08. The Bertz CT molecular complexity index is 292. The summed E-state index contributed by atoms with van der Waals surface area (Å²) in [7, 11) is 0. The molecule has 0 saturated carbocycles. The fourth-order valence-electron chi connectivity index (χ4n) is 1.48. The van der Waals surface area contributed by atoms with E-state index in [4.69, 9.17) is 0 Å².